The first-order chi connectivity index (χ1) is 12.2. The maximum absolute atomic E-state index is 5.09. The molecule has 7 nitrogen and oxygen atoms in total. The second-order valence-electron chi connectivity index (χ2n) is 6.26. The maximum Gasteiger partial charge on any atom is 0.184 e. The number of nitrogens with one attached hydrogen (secondary N) is 1. The minimum atomic E-state index is 0.226. The fraction of sp³-hybridized carbons (Fsp3) is 0.444. The smallest absolute Gasteiger partial charge is 0.184 e. The SMILES string of the molecule is COCCCNc1nc(C(C)C)nc2c1nnn2Cc1ccccc1. The molecule has 0 aliphatic rings. The number of hydrogen-bond acceptors (Lipinski definition) is 6. The molecule has 0 radical (unpaired) electrons. The van der Waals surface area contributed by atoms with Crippen LogP contribution in [0.4, 0.5) is 5.82 Å². The van der Waals surface area contributed by atoms with Gasteiger partial charge in [0.2, 0.25) is 0 Å². The number of rotatable bonds is 8. The molecule has 0 amide bonds. The molecule has 1 N–H and O–H groups in total. The molecular weight excluding hydrogens is 316 g/mol. The molecule has 1 aromatic carbocycles. The van der Waals surface area contributed by atoms with E-state index in [1.807, 2.05) is 22.9 Å². The number of aromatic nitrogens is 5. The summed E-state index contributed by atoms with van der Waals surface area (Å²) in [5.74, 6) is 1.76. The topological polar surface area (TPSA) is 77.8 Å². The molecule has 132 valence electrons. The molecule has 0 fully saturated rings. The summed E-state index contributed by atoms with van der Waals surface area (Å²) < 4.78 is 6.93. The van der Waals surface area contributed by atoms with Crippen LogP contribution in [0.3, 0.4) is 0 Å². The fourth-order valence-electron chi connectivity index (χ4n) is 2.54. The molecule has 0 unspecified atom stereocenters. The number of benzene rings is 1. The summed E-state index contributed by atoms with van der Waals surface area (Å²) in [6, 6.07) is 10.2. The first-order valence-electron chi connectivity index (χ1n) is 8.57. The number of fused-ring (bicyclic) bond motifs is 1. The molecule has 0 aliphatic heterocycles. The Labute approximate surface area is 147 Å². The van der Waals surface area contributed by atoms with Gasteiger partial charge in [-0.3, -0.25) is 0 Å². The summed E-state index contributed by atoms with van der Waals surface area (Å²) in [7, 11) is 1.70. The van der Waals surface area contributed by atoms with Crippen LogP contribution in [0, 0.1) is 0 Å². The van der Waals surface area contributed by atoms with Gasteiger partial charge in [0.1, 0.15) is 5.82 Å². The van der Waals surface area contributed by atoms with Crippen molar-refractivity contribution in [2.24, 2.45) is 0 Å². The highest BCUT2D eigenvalue weighted by Crippen LogP contribution is 2.21. The Balaban J connectivity index is 1.93. The second-order valence-corrected chi connectivity index (χ2v) is 6.26. The van der Waals surface area contributed by atoms with Crippen LogP contribution < -0.4 is 5.32 Å². The lowest BCUT2D eigenvalue weighted by molar-refractivity contribution is 0.198. The van der Waals surface area contributed by atoms with Gasteiger partial charge in [-0.25, -0.2) is 14.6 Å². The number of nitrogens with zero attached hydrogens (tertiary/aromatic N) is 5. The third-order valence-corrected chi connectivity index (χ3v) is 3.89. The van der Waals surface area contributed by atoms with Crippen LogP contribution in [0.2, 0.25) is 0 Å². The molecule has 2 heterocycles. The predicted octanol–water partition coefficient (Wildman–Crippen LogP) is 2.84. The van der Waals surface area contributed by atoms with Gasteiger partial charge in [-0.1, -0.05) is 49.4 Å². The number of methoxy groups -OCH3 is 1. The molecule has 0 bridgehead atoms. The molecule has 3 aromatic rings. The minimum absolute atomic E-state index is 0.226. The fourth-order valence-corrected chi connectivity index (χ4v) is 2.54. The average Bonchev–Trinajstić information content (AvgIpc) is 3.02. The van der Waals surface area contributed by atoms with Gasteiger partial charge in [0.15, 0.2) is 17.0 Å². The zero-order valence-electron chi connectivity index (χ0n) is 14.9. The van der Waals surface area contributed by atoms with Crippen molar-refractivity contribution in [3.63, 3.8) is 0 Å². The molecular formula is C18H24N6O. The van der Waals surface area contributed by atoms with E-state index in [2.05, 4.69) is 46.6 Å². The summed E-state index contributed by atoms with van der Waals surface area (Å²) >= 11 is 0. The lowest BCUT2D eigenvalue weighted by Crippen LogP contribution is -2.10. The van der Waals surface area contributed by atoms with E-state index < -0.39 is 0 Å². The van der Waals surface area contributed by atoms with E-state index >= 15 is 0 Å². The minimum Gasteiger partial charge on any atom is -0.385 e. The van der Waals surface area contributed by atoms with Gasteiger partial charge in [-0.15, -0.1) is 5.10 Å². The lowest BCUT2D eigenvalue weighted by Gasteiger charge is -2.10. The Hall–Kier alpha value is -2.54. The maximum atomic E-state index is 5.09. The van der Waals surface area contributed by atoms with Gasteiger partial charge in [-0.05, 0) is 12.0 Å². The Morgan fingerprint density at radius 3 is 2.68 bits per heavy atom. The quantitative estimate of drug-likeness (QED) is 0.635. The van der Waals surface area contributed by atoms with Crippen molar-refractivity contribution in [3.8, 4) is 0 Å². The first kappa shape index (κ1) is 17.3. The van der Waals surface area contributed by atoms with Crippen LogP contribution in [0.25, 0.3) is 11.2 Å². The largest absolute Gasteiger partial charge is 0.385 e. The van der Waals surface area contributed by atoms with Crippen LogP contribution >= 0.6 is 0 Å². The van der Waals surface area contributed by atoms with Crippen molar-refractivity contribution < 1.29 is 4.74 Å². The zero-order valence-corrected chi connectivity index (χ0v) is 14.9. The zero-order chi connectivity index (χ0) is 17.6. The molecule has 3 rings (SSSR count). The number of hydrogen-bond donors (Lipinski definition) is 1. The van der Waals surface area contributed by atoms with Gasteiger partial charge in [0.25, 0.3) is 0 Å². The van der Waals surface area contributed by atoms with Gasteiger partial charge < -0.3 is 10.1 Å². The van der Waals surface area contributed by atoms with Gasteiger partial charge in [0.05, 0.1) is 6.54 Å². The third-order valence-electron chi connectivity index (χ3n) is 3.89. The van der Waals surface area contributed by atoms with Crippen molar-refractivity contribution >= 4 is 17.0 Å². The van der Waals surface area contributed by atoms with Crippen LogP contribution in [0.15, 0.2) is 30.3 Å². The highest BCUT2D eigenvalue weighted by Gasteiger charge is 2.16. The molecule has 0 aliphatic carbocycles. The normalized spacial score (nSPS) is 11.4. The number of ether oxygens (including phenoxy) is 1. The molecule has 0 atom stereocenters. The lowest BCUT2D eigenvalue weighted by atomic mass is 10.2. The Morgan fingerprint density at radius 1 is 1.16 bits per heavy atom. The molecule has 0 spiro atoms. The van der Waals surface area contributed by atoms with Crippen molar-refractivity contribution in [2.75, 3.05) is 25.6 Å². The van der Waals surface area contributed by atoms with Crippen molar-refractivity contribution in [1.82, 2.24) is 25.0 Å². The predicted molar refractivity (Wildman–Crippen MR) is 97.7 cm³/mol. The van der Waals surface area contributed by atoms with E-state index in [0.29, 0.717) is 18.7 Å². The summed E-state index contributed by atoms with van der Waals surface area (Å²) in [5.41, 5.74) is 2.63. The van der Waals surface area contributed by atoms with Crippen molar-refractivity contribution in [3.05, 3.63) is 41.7 Å². The summed E-state index contributed by atoms with van der Waals surface area (Å²) in [5, 5.41) is 12.0. The molecule has 7 heteroatoms. The van der Waals surface area contributed by atoms with Crippen LogP contribution in [0.1, 0.15) is 37.6 Å². The molecule has 2 aromatic heterocycles. The molecule has 25 heavy (non-hydrogen) atoms. The average molecular weight is 340 g/mol. The number of anilines is 1. The van der Waals surface area contributed by atoms with Gasteiger partial charge >= 0.3 is 0 Å². The van der Waals surface area contributed by atoms with Crippen LogP contribution in [-0.4, -0.2) is 45.2 Å². The monoisotopic (exact) mass is 340 g/mol. The Kier molecular flexibility index (Phi) is 5.55. The van der Waals surface area contributed by atoms with Gasteiger partial charge in [0, 0.05) is 26.2 Å². The first-order valence-corrected chi connectivity index (χ1v) is 8.57. The molecule has 0 saturated carbocycles. The van der Waals surface area contributed by atoms with E-state index in [0.717, 1.165) is 35.8 Å². The highest BCUT2D eigenvalue weighted by atomic mass is 16.5. The van der Waals surface area contributed by atoms with Crippen LogP contribution in [0.5, 0.6) is 0 Å². The standard InChI is InChI=1S/C18H24N6O/c1-13(2)16-20-17(19-10-7-11-25-3)15-18(21-16)24(23-22-15)12-14-8-5-4-6-9-14/h4-6,8-9,13H,7,10-12H2,1-3H3,(H,19,20,21). The van der Waals surface area contributed by atoms with E-state index in [1.165, 1.54) is 0 Å². The summed E-state index contributed by atoms with van der Waals surface area (Å²) in [6.45, 7) is 6.28. The Morgan fingerprint density at radius 2 is 1.96 bits per heavy atom. The summed E-state index contributed by atoms with van der Waals surface area (Å²) in [6.07, 6.45) is 0.900. The van der Waals surface area contributed by atoms with E-state index in [1.54, 1.807) is 7.11 Å². The summed E-state index contributed by atoms with van der Waals surface area (Å²) in [4.78, 5) is 9.34. The highest BCUT2D eigenvalue weighted by molar-refractivity contribution is 5.82. The van der Waals surface area contributed by atoms with Crippen molar-refractivity contribution in [1.29, 1.82) is 0 Å². The van der Waals surface area contributed by atoms with E-state index in [-0.39, 0.29) is 5.92 Å². The van der Waals surface area contributed by atoms with E-state index in [4.69, 9.17) is 9.72 Å². The van der Waals surface area contributed by atoms with Crippen molar-refractivity contribution in [2.45, 2.75) is 32.7 Å². The van der Waals surface area contributed by atoms with E-state index in [9.17, 15) is 0 Å². The molecule has 0 saturated heterocycles. The second kappa shape index (κ2) is 8.02. The van der Waals surface area contributed by atoms with Gasteiger partial charge in [-0.2, -0.15) is 0 Å². The Bertz CT molecular complexity index is 815. The third kappa shape index (κ3) is 4.11. The van der Waals surface area contributed by atoms with Crippen LogP contribution in [-0.2, 0) is 11.3 Å².